The van der Waals surface area contributed by atoms with Gasteiger partial charge in [0.25, 0.3) is 0 Å². The van der Waals surface area contributed by atoms with Gasteiger partial charge in [0, 0.05) is 10.9 Å². The first kappa shape index (κ1) is 14.0. The summed E-state index contributed by atoms with van der Waals surface area (Å²) < 4.78 is 6.59. The molecule has 0 radical (unpaired) electrons. The molecular weight excluding hydrogens is 300 g/mol. The summed E-state index contributed by atoms with van der Waals surface area (Å²) in [5.41, 5.74) is 1.79. The van der Waals surface area contributed by atoms with Crippen molar-refractivity contribution in [2.45, 2.75) is 37.8 Å². The molecule has 2 rings (SSSR count). The Kier molecular flexibility index (Phi) is 4.40. The number of benzene rings is 1. The van der Waals surface area contributed by atoms with E-state index in [1.165, 1.54) is 0 Å². The number of hydrogen-bond acceptors (Lipinski definition) is 4. The van der Waals surface area contributed by atoms with Crippen LogP contribution in [0.5, 0.6) is 0 Å². The van der Waals surface area contributed by atoms with Gasteiger partial charge in [-0.1, -0.05) is 28.1 Å². The van der Waals surface area contributed by atoms with Crippen LogP contribution in [0.4, 0.5) is 0 Å². The van der Waals surface area contributed by atoms with E-state index in [0.717, 1.165) is 15.6 Å². The number of aliphatic hydroxyl groups is 3. The highest BCUT2D eigenvalue weighted by atomic mass is 79.9. The molecule has 1 saturated heterocycles. The topological polar surface area (TPSA) is 69.9 Å². The highest BCUT2D eigenvalue weighted by Gasteiger charge is 2.38. The minimum absolute atomic E-state index is 0.159. The lowest BCUT2D eigenvalue weighted by Gasteiger charge is -2.37. The third-order valence-electron chi connectivity index (χ3n) is 3.37. The van der Waals surface area contributed by atoms with Crippen molar-refractivity contribution >= 4 is 15.9 Å². The summed E-state index contributed by atoms with van der Waals surface area (Å²) in [7, 11) is 0. The van der Waals surface area contributed by atoms with Gasteiger partial charge in [-0.05, 0) is 24.1 Å². The molecule has 1 aliphatic heterocycles. The fourth-order valence-electron chi connectivity index (χ4n) is 2.26. The van der Waals surface area contributed by atoms with Crippen molar-refractivity contribution in [3.05, 3.63) is 33.8 Å². The van der Waals surface area contributed by atoms with E-state index < -0.39 is 24.4 Å². The SMILES string of the molecule is Cc1c(Br)cccc1[C@H]1OC(CO)CC(O)C1O. The van der Waals surface area contributed by atoms with Gasteiger partial charge in [-0.25, -0.2) is 0 Å². The van der Waals surface area contributed by atoms with E-state index >= 15 is 0 Å². The van der Waals surface area contributed by atoms with E-state index in [1.54, 1.807) is 0 Å². The standard InChI is InChI=1S/C13H17BrO4/c1-7-9(3-2-4-10(7)14)13-12(17)11(16)5-8(6-15)18-13/h2-4,8,11-13,15-17H,5-6H2,1H3/t8?,11?,12?,13-/m1/s1. The lowest BCUT2D eigenvalue weighted by molar-refractivity contribution is -0.179. The maximum Gasteiger partial charge on any atom is 0.112 e. The molecule has 5 heteroatoms. The Morgan fingerprint density at radius 2 is 2.11 bits per heavy atom. The van der Waals surface area contributed by atoms with Crippen LogP contribution in [-0.4, -0.2) is 40.2 Å². The highest BCUT2D eigenvalue weighted by Crippen LogP contribution is 2.35. The van der Waals surface area contributed by atoms with E-state index in [0.29, 0.717) is 0 Å². The van der Waals surface area contributed by atoms with Gasteiger partial charge in [0.2, 0.25) is 0 Å². The lowest BCUT2D eigenvalue weighted by atomic mass is 9.91. The fourth-order valence-corrected chi connectivity index (χ4v) is 2.64. The molecule has 18 heavy (non-hydrogen) atoms. The van der Waals surface area contributed by atoms with E-state index in [-0.39, 0.29) is 13.0 Å². The zero-order chi connectivity index (χ0) is 13.3. The summed E-state index contributed by atoms with van der Waals surface area (Å²) >= 11 is 3.43. The van der Waals surface area contributed by atoms with Crippen LogP contribution in [-0.2, 0) is 4.74 Å². The molecule has 0 saturated carbocycles. The van der Waals surface area contributed by atoms with Crippen LogP contribution in [0.3, 0.4) is 0 Å². The zero-order valence-electron chi connectivity index (χ0n) is 10.1. The summed E-state index contributed by atoms with van der Waals surface area (Å²) in [6.45, 7) is 1.76. The van der Waals surface area contributed by atoms with E-state index in [1.807, 2.05) is 25.1 Å². The highest BCUT2D eigenvalue weighted by molar-refractivity contribution is 9.10. The molecule has 0 aromatic heterocycles. The third kappa shape index (κ3) is 2.60. The van der Waals surface area contributed by atoms with Gasteiger partial charge in [-0.3, -0.25) is 0 Å². The summed E-state index contributed by atoms with van der Waals surface area (Å²) in [5, 5.41) is 29.0. The maximum absolute atomic E-state index is 10.0. The summed E-state index contributed by atoms with van der Waals surface area (Å²) in [6, 6.07) is 5.63. The molecule has 1 heterocycles. The summed E-state index contributed by atoms with van der Waals surface area (Å²) in [5.74, 6) is 0. The van der Waals surface area contributed by atoms with E-state index in [9.17, 15) is 10.2 Å². The zero-order valence-corrected chi connectivity index (χ0v) is 11.7. The van der Waals surface area contributed by atoms with Crippen LogP contribution in [0.25, 0.3) is 0 Å². The van der Waals surface area contributed by atoms with Crippen molar-refractivity contribution in [2.24, 2.45) is 0 Å². The smallest absolute Gasteiger partial charge is 0.112 e. The molecule has 1 aromatic rings. The predicted octanol–water partition coefficient (Wildman–Crippen LogP) is 1.30. The monoisotopic (exact) mass is 316 g/mol. The Labute approximate surface area is 114 Å². The van der Waals surface area contributed by atoms with Crippen LogP contribution in [0, 0.1) is 6.92 Å². The lowest BCUT2D eigenvalue weighted by Crippen LogP contribution is -2.44. The quantitative estimate of drug-likeness (QED) is 0.769. The Hall–Kier alpha value is -0.460. The normalized spacial score (nSPS) is 32.5. The molecule has 1 aliphatic rings. The van der Waals surface area contributed by atoms with Crippen LogP contribution in [0.15, 0.2) is 22.7 Å². The molecule has 4 atom stereocenters. The second-order valence-electron chi connectivity index (χ2n) is 4.61. The molecule has 0 bridgehead atoms. The Balaban J connectivity index is 2.32. The average Bonchev–Trinajstić information content (AvgIpc) is 2.36. The first-order chi connectivity index (χ1) is 8.54. The van der Waals surface area contributed by atoms with Gasteiger partial charge >= 0.3 is 0 Å². The molecule has 100 valence electrons. The first-order valence-electron chi connectivity index (χ1n) is 5.92. The number of hydrogen-bond donors (Lipinski definition) is 3. The summed E-state index contributed by atoms with van der Waals surface area (Å²) in [4.78, 5) is 0. The first-order valence-corrected chi connectivity index (χ1v) is 6.71. The molecule has 3 N–H and O–H groups in total. The minimum atomic E-state index is -0.971. The van der Waals surface area contributed by atoms with E-state index in [2.05, 4.69) is 15.9 Å². The van der Waals surface area contributed by atoms with Crippen LogP contribution in [0.1, 0.15) is 23.7 Å². The van der Waals surface area contributed by atoms with Crippen LogP contribution >= 0.6 is 15.9 Å². The number of rotatable bonds is 2. The van der Waals surface area contributed by atoms with Gasteiger partial charge in [-0.2, -0.15) is 0 Å². The number of aliphatic hydroxyl groups excluding tert-OH is 3. The molecule has 0 amide bonds. The number of ether oxygens (including phenoxy) is 1. The van der Waals surface area contributed by atoms with Crippen molar-refractivity contribution in [3.63, 3.8) is 0 Å². The van der Waals surface area contributed by atoms with Gasteiger partial charge in [-0.15, -0.1) is 0 Å². The molecule has 4 nitrogen and oxygen atoms in total. The predicted molar refractivity (Wildman–Crippen MR) is 70.2 cm³/mol. The second kappa shape index (κ2) is 5.67. The van der Waals surface area contributed by atoms with E-state index in [4.69, 9.17) is 9.84 Å². The largest absolute Gasteiger partial charge is 0.394 e. The van der Waals surface area contributed by atoms with Crippen molar-refractivity contribution in [3.8, 4) is 0 Å². The van der Waals surface area contributed by atoms with Gasteiger partial charge in [0.1, 0.15) is 12.2 Å². The fraction of sp³-hybridized carbons (Fsp3) is 0.538. The van der Waals surface area contributed by atoms with Gasteiger partial charge < -0.3 is 20.1 Å². The van der Waals surface area contributed by atoms with Crippen molar-refractivity contribution in [1.29, 1.82) is 0 Å². The minimum Gasteiger partial charge on any atom is -0.394 e. The average molecular weight is 317 g/mol. The Morgan fingerprint density at radius 1 is 1.39 bits per heavy atom. The summed E-state index contributed by atoms with van der Waals surface area (Å²) in [6.07, 6.45) is -2.64. The molecule has 0 aliphatic carbocycles. The molecule has 1 aromatic carbocycles. The molecule has 0 spiro atoms. The van der Waals surface area contributed by atoms with Crippen molar-refractivity contribution in [2.75, 3.05) is 6.61 Å². The second-order valence-corrected chi connectivity index (χ2v) is 5.46. The van der Waals surface area contributed by atoms with Crippen molar-refractivity contribution < 1.29 is 20.1 Å². The Morgan fingerprint density at radius 3 is 2.78 bits per heavy atom. The Bertz CT molecular complexity index is 423. The van der Waals surface area contributed by atoms with Gasteiger partial charge in [0.05, 0.1) is 18.8 Å². The molecule has 3 unspecified atom stereocenters. The number of halogens is 1. The maximum atomic E-state index is 10.0. The van der Waals surface area contributed by atoms with Gasteiger partial charge in [0.15, 0.2) is 0 Å². The van der Waals surface area contributed by atoms with Crippen molar-refractivity contribution in [1.82, 2.24) is 0 Å². The third-order valence-corrected chi connectivity index (χ3v) is 4.23. The van der Waals surface area contributed by atoms with Crippen LogP contribution < -0.4 is 0 Å². The molecule has 1 fully saturated rings. The van der Waals surface area contributed by atoms with Crippen LogP contribution in [0.2, 0.25) is 0 Å². The molecular formula is C13H17BrO4.